The zero-order valence-electron chi connectivity index (χ0n) is 15.9. The highest BCUT2D eigenvalue weighted by atomic mass is 16.5. The lowest BCUT2D eigenvalue weighted by atomic mass is 10.7. The predicted molar refractivity (Wildman–Crippen MR) is 90.4 cm³/mol. The van der Waals surface area contributed by atoms with E-state index in [9.17, 15) is 0 Å². The van der Waals surface area contributed by atoms with E-state index < -0.39 is 0 Å². The molecule has 0 amide bonds. The SMILES string of the molecule is CC#CC.Cc1nnc(C)o1.Cc1noc(C)n1.Cc1noc(C)n1. The zero-order valence-corrected chi connectivity index (χ0v) is 15.9. The van der Waals surface area contributed by atoms with Gasteiger partial charge in [0, 0.05) is 27.7 Å². The Morgan fingerprint density at radius 3 is 1.04 bits per heavy atom. The summed E-state index contributed by atoms with van der Waals surface area (Å²) in [6.45, 7) is 14.3. The number of rotatable bonds is 0. The molecular weight excluding hydrogens is 324 g/mol. The topological polar surface area (TPSA) is 117 Å². The van der Waals surface area contributed by atoms with Gasteiger partial charge < -0.3 is 13.5 Å². The highest BCUT2D eigenvalue weighted by molar-refractivity contribution is 4.89. The fourth-order valence-corrected chi connectivity index (χ4v) is 1.20. The minimum absolute atomic E-state index is 0.623. The first-order chi connectivity index (χ1) is 11.8. The maximum absolute atomic E-state index is 4.86. The van der Waals surface area contributed by atoms with Gasteiger partial charge in [0.15, 0.2) is 11.6 Å². The van der Waals surface area contributed by atoms with E-state index in [0.29, 0.717) is 35.2 Å². The van der Waals surface area contributed by atoms with Gasteiger partial charge in [-0.3, -0.25) is 0 Å². The average molecular weight is 348 g/mol. The molecule has 0 saturated heterocycles. The van der Waals surface area contributed by atoms with Crippen LogP contribution in [0.5, 0.6) is 0 Å². The molecule has 3 aromatic heterocycles. The van der Waals surface area contributed by atoms with Gasteiger partial charge in [-0.2, -0.15) is 9.97 Å². The lowest BCUT2D eigenvalue weighted by Gasteiger charge is -1.70. The molecule has 25 heavy (non-hydrogen) atoms. The van der Waals surface area contributed by atoms with Crippen LogP contribution in [0.4, 0.5) is 0 Å². The quantitative estimate of drug-likeness (QED) is 0.565. The Morgan fingerprint density at radius 2 is 0.960 bits per heavy atom. The first-order valence-electron chi connectivity index (χ1n) is 7.42. The maximum atomic E-state index is 4.86. The number of aromatic nitrogens is 6. The van der Waals surface area contributed by atoms with Crippen LogP contribution in [-0.2, 0) is 0 Å². The molecule has 0 saturated carbocycles. The van der Waals surface area contributed by atoms with Crippen molar-refractivity contribution in [3.8, 4) is 11.8 Å². The summed E-state index contributed by atoms with van der Waals surface area (Å²) in [4.78, 5) is 7.67. The van der Waals surface area contributed by atoms with Gasteiger partial charge in [0.05, 0.1) is 0 Å². The van der Waals surface area contributed by atoms with Crippen molar-refractivity contribution in [3.63, 3.8) is 0 Å². The van der Waals surface area contributed by atoms with Crippen LogP contribution in [0.15, 0.2) is 13.5 Å². The molecule has 0 aliphatic rings. The molecular formula is C16H24N6O3. The summed E-state index contributed by atoms with van der Waals surface area (Å²) >= 11 is 0. The molecule has 0 radical (unpaired) electrons. The molecule has 0 aromatic carbocycles. The summed E-state index contributed by atoms with van der Waals surface area (Å²) in [6, 6.07) is 0. The van der Waals surface area contributed by atoms with Crippen LogP contribution >= 0.6 is 0 Å². The van der Waals surface area contributed by atoms with Gasteiger partial charge in [0.25, 0.3) is 0 Å². The van der Waals surface area contributed by atoms with Crippen LogP contribution in [0, 0.1) is 53.4 Å². The third kappa shape index (κ3) is 12.1. The van der Waals surface area contributed by atoms with Crippen LogP contribution in [0.25, 0.3) is 0 Å². The lowest BCUT2D eigenvalue weighted by Crippen LogP contribution is -1.70. The zero-order chi connectivity index (χ0) is 19.2. The van der Waals surface area contributed by atoms with Gasteiger partial charge in [-0.25, -0.2) is 0 Å². The molecule has 0 aliphatic heterocycles. The largest absolute Gasteiger partial charge is 0.426 e. The van der Waals surface area contributed by atoms with Crippen LogP contribution in [0.1, 0.15) is 49.1 Å². The minimum atomic E-state index is 0.623. The van der Waals surface area contributed by atoms with Gasteiger partial charge in [-0.05, 0) is 27.7 Å². The first-order valence-corrected chi connectivity index (χ1v) is 7.42. The highest BCUT2D eigenvalue weighted by Gasteiger charge is 1.91. The number of hydrogen-bond donors (Lipinski definition) is 0. The Bertz CT molecular complexity index is 633. The number of nitrogens with zero attached hydrogens (tertiary/aromatic N) is 6. The maximum Gasteiger partial charge on any atom is 0.223 e. The van der Waals surface area contributed by atoms with Crippen molar-refractivity contribution >= 4 is 0 Å². The highest BCUT2D eigenvalue weighted by Crippen LogP contribution is 1.92. The van der Waals surface area contributed by atoms with E-state index in [0.717, 1.165) is 0 Å². The summed E-state index contributed by atoms with van der Waals surface area (Å²) in [5.41, 5.74) is 0. The Hall–Kier alpha value is -3.02. The van der Waals surface area contributed by atoms with Crippen molar-refractivity contribution in [3.05, 3.63) is 35.2 Å². The molecule has 9 heteroatoms. The summed E-state index contributed by atoms with van der Waals surface area (Å²) in [5, 5.41) is 14.3. The Balaban J connectivity index is 0.000000314. The molecule has 3 rings (SSSR count). The molecule has 0 atom stereocenters. The summed E-state index contributed by atoms with van der Waals surface area (Å²) in [5.74, 6) is 9.24. The first kappa shape index (κ1) is 22.0. The van der Waals surface area contributed by atoms with Gasteiger partial charge in [-0.15, -0.1) is 22.0 Å². The van der Waals surface area contributed by atoms with Gasteiger partial charge in [0.1, 0.15) is 0 Å². The van der Waals surface area contributed by atoms with Crippen molar-refractivity contribution in [2.24, 2.45) is 0 Å². The van der Waals surface area contributed by atoms with Crippen molar-refractivity contribution < 1.29 is 13.5 Å². The molecule has 0 unspecified atom stereocenters. The molecule has 136 valence electrons. The minimum Gasteiger partial charge on any atom is -0.426 e. The van der Waals surface area contributed by atoms with Crippen molar-refractivity contribution in [2.75, 3.05) is 0 Å². The van der Waals surface area contributed by atoms with E-state index in [1.165, 1.54) is 0 Å². The fourth-order valence-electron chi connectivity index (χ4n) is 1.20. The molecule has 0 bridgehead atoms. The molecule has 0 aliphatic carbocycles. The molecule has 0 fully saturated rings. The number of aryl methyl sites for hydroxylation is 6. The second-order valence-corrected chi connectivity index (χ2v) is 4.56. The normalized spacial score (nSPS) is 8.48. The van der Waals surface area contributed by atoms with E-state index >= 15 is 0 Å². The predicted octanol–water partition coefficient (Wildman–Crippen LogP) is 3.09. The van der Waals surface area contributed by atoms with Crippen molar-refractivity contribution in [2.45, 2.75) is 55.4 Å². The van der Waals surface area contributed by atoms with E-state index in [2.05, 4.69) is 51.4 Å². The fraction of sp³-hybridized carbons (Fsp3) is 0.500. The molecule has 0 spiro atoms. The third-order valence-corrected chi connectivity index (χ3v) is 2.14. The van der Waals surface area contributed by atoms with Crippen molar-refractivity contribution in [1.82, 2.24) is 30.5 Å². The molecule has 9 nitrogen and oxygen atoms in total. The lowest BCUT2D eigenvalue weighted by molar-refractivity contribution is 0.389. The van der Waals surface area contributed by atoms with Crippen LogP contribution in [0.2, 0.25) is 0 Å². The summed E-state index contributed by atoms with van der Waals surface area (Å²) in [7, 11) is 0. The Morgan fingerprint density at radius 1 is 0.600 bits per heavy atom. The van der Waals surface area contributed by atoms with E-state index in [1.807, 2.05) is 13.8 Å². The van der Waals surface area contributed by atoms with E-state index in [1.54, 1.807) is 41.5 Å². The smallest absolute Gasteiger partial charge is 0.223 e. The Labute approximate surface area is 147 Å². The molecule has 3 heterocycles. The van der Waals surface area contributed by atoms with Gasteiger partial charge in [-0.1, -0.05) is 10.3 Å². The van der Waals surface area contributed by atoms with Gasteiger partial charge >= 0.3 is 0 Å². The summed E-state index contributed by atoms with van der Waals surface area (Å²) in [6.07, 6.45) is 0. The monoisotopic (exact) mass is 348 g/mol. The summed E-state index contributed by atoms with van der Waals surface area (Å²) < 4.78 is 14.1. The second-order valence-electron chi connectivity index (χ2n) is 4.56. The molecule has 3 aromatic rings. The Kier molecular flexibility index (Phi) is 10.9. The third-order valence-electron chi connectivity index (χ3n) is 2.14. The van der Waals surface area contributed by atoms with Crippen molar-refractivity contribution in [1.29, 1.82) is 0 Å². The van der Waals surface area contributed by atoms with E-state index in [4.69, 9.17) is 4.42 Å². The van der Waals surface area contributed by atoms with Gasteiger partial charge in [0.2, 0.25) is 23.6 Å². The molecule has 0 N–H and O–H groups in total. The standard InChI is InChI=1S/3C4H6N2O.C4H6/c1-3-5-6-4(2)7-3;2*1-3-5-4(2)7-6-3;1-3-4-2/h3*1-2H3;1-2H3. The van der Waals surface area contributed by atoms with Crippen LogP contribution in [0.3, 0.4) is 0 Å². The van der Waals surface area contributed by atoms with Crippen LogP contribution < -0.4 is 0 Å². The number of hydrogen-bond acceptors (Lipinski definition) is 9. The van der Waals surface area contributed by atoms with E-state index in [-0.39, 0.29) is 0 Å². The second kappa shape index (κ2) is 12.4. The average Bonchev–Trinajstić information content (AvgIpc) is 3.24. The van der Waals surface area contributed by atoms with Crippen LogP contribution in [-0.4, -0.2) is 30.5 Å².